The van der Waals surface area contributed by atoms with Crippen molar-refractivity contribution >= 4 is 5.71 Å². The fourth-order valence-corrected chi connectivity index (χ4v) is 3.58. The summed E-state index contributed by atoms with van der Waals surface area (Å²) in [7, 11) is 0. The van der Waals surface area contributed by atoms with E-state index in [0.29, 0.717) is 6.54 Å². The van der Waals surface area contributed by atoms with E-state index in [9.17, 15) is 4.39 Å². The van der Waals surface area contributed by atoms with Crippen molar-refractivity contribution in [1.82, 2.24) is 4.90 Å². The number of halogens is 1. The van der Waals surface area contributed by atoms with E-state index in [2.05, 4.69) is 58.6 Å². The van der Waals surface area contributed by atoms with Gasteiger partial charge >= 0.3 is 0 Å². The topological polar surface area (TPSA) is 34.1 Å². The molecule has 3 aromatic carbocycles. The first-order valence-corrected chi connectivity index (χ1v) is 10.9. The van der Waals surface area contributed by atoms with Gasteiger partial charge in [-0.3, -0.25) is 4.90 Å². The lowest BCUT2D eigenvalue weighted by Gasteiger charge is -2.23. The molecule has 1 aliphatic rings. The molecule has 1 aliphatic heterocycles. The summed E-state index contributed by atoms with van der Waals surface area (Å²) < 4.78 is 19.1. The minimum absolute atomic E-state index is 0.219. The first-order valence-electron chi connectivity index (χ1n) is 10.9. The normalized spacial score (nSPS) is 14.3. The Bertz CT molecular complexity index is 1050. The molecule has 0 aromatic heterocycles. The van der Waals surface area contributed by atoms with Crippen LogP contribution in [0.3, 0.4) is 0 Å². The molecule has 0 atom stereocenters. The van der Waals surface area contributed by atoms with E-state index in [1.165, 1.54) is 11.6 Å². The summed E-state index contributed by atoms with van der Waals surface area (Å²) in [5, 5.41) is 4.42. The Morgan fingerprint density at radius 3 is 2.34 bits per heavy atom. The largest absolute Gasteiger partial charge is 0.487 e. The smallest absolute Gasteiger partial charge is 0.165 e. The van der Waals surface area contributed by atoms with Crippen LogP contribution in [0.1, 0.15) is 12.0 Å². The highest BCUT2D eigenvalue weighted by Crippen LogP contribution is 2.20. The van der Waals surface area contributed by atoms with Crippen LogP contribution < -0.4 is 4.74 Å². The summed E-state index contributed by atoms with van der Waals surface area (Å²) in [6.07, 6.45) is 5.43. The molecular weight excluding hydrogens is 403 g/mol. The number of hydrogen-bond acceptors (Lipinski definition) is 4. The van der Waals surface area contributed by atoms with Gasteiger partial charge in [0.15, 0.2) is 18.2 Å². The highest BCUT2D eigenvalue weighted by molar-refractivity contribution is 6.02. The van der Waals surface area contributed by atoms with Crippen molar-refractivity contribution in [2.75, 3.05) is 32.8 Å². The van der Waals surface area contributed by atoms with Gasteiger partial charge < -0.3 is 9.57 Å². The zero-order chi connectivity index (χ0) is 22.0. The molecule has 0 bridgehead atoms. The Kier molecular flexibility index (Phi) is 7.66. The summed E-state index contributed by atoms with van der Waals surface area (Å²) >= 11 is 0. The second kappa shape index (κ2) is 11.3. The molecule has 0 fully saturated rings. The van der Waals surface area contributed by atoms with Crippen molar-refractivity contribution in [2.45, 2.75) is 6.42 Å². The first-order chi connectivity index (χ1) is 15.8. The third-order valence-corrected chi connectivity index (χ3v) is 5.28. The van der Waals surface area contributed by atoms with E-state index in [1.54, 1.807) is 18.2 Å². The van der Waals surface area contributed by atoms with Crippen molar-refractivity contribution in [1.29, 1.82) is 0 Å². The molecule has 32 heavy (non-hydrogen) atoms. The van der Waals surface area contributed by atoms with Gasteiger partial charge in [0.1, 0.15) is 12.3 Å². The molecule has 0 saturated heterocycles. The van der Waals surface area contributed by atoms with Gasteiger partial charge in [0.2, 0.25) is 0 Å². The quantitative estimate of drug-likeness (QED) is 0.193. The molecule has 0 radical (unpaired) electrons. The van der Waals surface area contributed by atoms with Crippen LogP contribution in [0, 0.1) is 5.82 Å². The lowest BCUT2D eigenvalue weighted by atomic mass is 10.0. The standard InChI is InChI=1S/C27H27FN2O2/c28-25-11-5-6-12-27(25)31-19-20-32-29-26(21-30-17-7-2-8-18-30)24-15-13-23(14-16-24)22-9-3-1-4-10-22/h1-7,9-16H,8,17-21H2/b29-26+. The van der Waals surface area contributed by atoms with Gasteiger partial charge in [0.05, 0.1) is 0 Å². The summed E-state index contributed by atoms with van der Waals surface area (Å²) in [4.78, 5) is 7.90. The SMILES string of the molecule is Fc1ccccc1OCCO/N=C(\CN1CC=CCC1)c1ccc(-c2ccccc2)cc1. The van der Waals surface area contributed by atoms with Gasteiger partial charge in [-0.25, -0.2) is 4.39 Å². The van der Waals surface area contributed by atoms with Crippen molar-refractivity contribution in [2.24, 2.45) is 5.16 Å². The Morgan fingerprint density at radius 1 is 0.844 bits per heavy atom. The average Bonchev–Trinajstić information content (AvgIpc) is 2.85. The van der Waals surface area contributed by atoms with E-state index in [0.717, 1.165) is 36.3 Å². The predicted molar refractivity (Wildman–Crippen MR) is 126 cm³/mol. The fraction of sp³-hybridized carbons (Fsp3) is 0.222. The molecule has 1 heterocycles. The van der Waals surface area contributed by atoms with Crippen LogP contribution >= 0.6 is 0 Å². The van der Waals surface area contributed by atoms with E-state index in [1.807, 2.05) is 18.2 Å². The Hall–Kier alpha value is -3.44. The third kappa shape index (κ3) is 6.05. The molecule has 4 rings (SSSR count). The van der Waals surface area contributed by atoms with E-state index in [4.69, 9.17) is 9.57 Å². The lowest BCUT2D eigenvalue weighted by Crippen LogP contribution is -2.33. The first kappa shape index (κ1) is 21.8. The summed E-state index contributed by atoms with van der Waals surface area (Å²) in [6.45, 7) is 3.05. The number of benzene rings is 3. The van der Waals surface area contributed by atoms with Crippen LogP contribution in [-0.4, -0.2) is 43.5 Å². The molecule has 0 spiro atoms. The van der Waals surface area contributed by atoms with Crippen molar-refractivity contribution in [3.05, 3.63) is 102 Å². The van der Waals surface area contributed by atoms with E-state index >= 15 is 0 Å². The summed E-state index contributed by atoms with van der Waals surface area (Å²) in [5.74, 6) is -0.162. The number of para-hydroxylation sites is 1. The molecule has 5 heteroatoms. The predicted octanol–water partition coefficient (Wildman–Crippen LogP) is 5.55. The van der Waals surface area contributed by atoms with Crippen LogP contribution in [0.4, 0.5) is 4.39 Å². The Labute approximate surface area is 188 Å². The van der Waals surface area contributed by atoms with E-state index < -0.39 is 0 Å². The molecule has 0 aliphatic carbocycles. The molecular formula is C27H27FN2O2. The molecule has 0 saturated carbocycles. The minimum atomic E-state index is -0.381. The third-order valence-electron chi connectivity index (χ3n) is 5.28. The Morgan fingerprint density at radius 2 is 1.59 bits per heavy atom. The zero-order valence-electron chi connectivity index (χ0n) is 18.0. The molecule has 0 unspecified atom stereocenters. The van der Waals surface area contributed by atoms with Gasteiger partial charge in [-0.1, -0.05) is 84.0 Å². The van der Waals surface area contributed by atoms with Crippen LogP contribution in [0.2, 0.25) is 0 Å². The van der Waals surface area contributed by atoms with Gasteiger partial charge in [0, 0.05) is 25.2 Å². The second-order valence-corrected chi connectivity index (χ2v) is 7.59. The van der Waals surface area contributed by atoms with Gasteiger partial charge in [-0.15, -0.1) is 0 Å². The van der Waals surface area contributed by atoms with Crippen LogP contribution in [0.5, 0.6) is 5.75 Å². The highest BCUT2D eigenvalue weighted by Gasteiger charge is 2.13. The molecule has 3 aromatic rings. The van der Waals surface area contributed by atoms with Crippen LogP contribution in [-0.2, 0) is 4.84 Å². The monoisotopic (exact) mass is 430 g/mol. The maximum absolute atomic E-state index is 13.7. The number of nitrogens with zero attached hydrogens (tertiary/aromatic N) is 2. The molecule has 164 valence electrons. The average molecular weight is 431 g/mol. The molecule has 0 N–H and O–H groups in total. The number of rotatable bonds is 9. The maximum Gasteiger partial charge on any atom is 0.165 e. The van der Waals surface area contributed by atoms with Gasteiger partial charge in [-0.2, -0.15) is 0 Å². The fourth-order valence-electron chi connectivity index (χ4n) is 3.58. The van der Waals surface area contributed by atoms with Crippen LogP contribution in [0.15, 0.2) is 96.2 Å². The summed E-state index contributed by atoms with van der Waals surface area (Å²) in [5.41, 5.74) is 4.23. The van der Waals surface area contributed by atoms with Crippen molar-refractivity contribution < 1.29 is 14.0 Å². The van der Waals surface area contributed by atoms with Gasteiger partial charge in [-0.05, 0) is 29.7 Å². The Balaban J connectivity index is 1.42. The van der Waals surface area contributed by atoms with Gasteiger partial charge in [0.25, 0.3) is 0 Å². The van der Waals surface area contributed by atoms with Crippen molar-refractivity contribution in [3.63, 3.8) is 0 Å². The molecule has 0 amide bonds. The van der Waals surface area contributed by atoms with E-state index in [-0.39, 0.29) is 24.8 Å². The maximum atomic E-state index is 13.7. The summed E-state index contributed by atoms with van der Waals surface area (Å²) in [6, 6.07) is 25.0. The number of oxime groups is 1. The number of hydrogen-bond donors (Lipinski definition) is 0. The second-order valence-electron chi connectivity index (χ2n) is 7.59. The minimum Gasteiger partial charge on any atom is -0.487 e. The molecule has 4 nitrogen and oxygen atoms in total. The van der Waals surface area contributed by atoms with Crippen LogP contribution in [0.25, 0.3) is 11.1 Å². The lowest BCUT2D eigenvalue weighted by molar-refractivity contribution is 0.104. The zero-order valence-corrected chi connectivity index (χ0v) is 18.0. The number of ether oxygens (including phenoxy) is 1. The van der Waals surface area contributed by atoms with Crippen molar-refractivity contribution in [3.8, 4) is 16.9 Å². The highest BCUT2D eigenvalue weighted by atomic mass is 19.1.